The SMILES string of the molecule is O=C(Oc1ccccc1)c1ccccc1.[KH]. The van der Waals surface area contributed by atoms with Crippen LogP contribution in [-0.4, -0.2) is 57.4 Å². The molecule has 0 amide bonds. The number of esters is 1. The van der Waals surface area contributed by atoms with Crippen molar-refractivity contribution in [1.82, 2.24) is 0 Å². The quantitative estimate of drug-likeness (QED) is 0.456. The molecule has 0 fully saturated rings. The number of para-hydroxylation sites is 1. The van der Waals surface area contributed by atoms with E-state index in [1.807, 2.05) is 36.4 Å². The van der Waals surface area contributed by atoms with Crippen LogP contribution in [0.3, 0.4) is 0 Å². The van der Waals surface area contributed by atoms with Crippen LogP contribution in [0.1, 0.15) is 10.4 Å². The fourth-order valence-electron chi connectivity index (χ4n) is 1.23. The van der Waals surface area contributed by atoms with Gasteiger partial charge in [0, 0.05) is 0 Å². The Morgan fingerprint density at radius 1 is 0.812 bits per heavy atom. The van der Waals surface area contributed by atoms with Crippen LogP contribution in [0.5, 0.6) is 5.75 Å². The Morgan fingerprint density at radius 3 is 1.88 bits per heavy atom. The molecule has 0 spiro atoms. The predicted molar refractivity (Wildman–Crippen MR) is 65.0 cm³/mol. The molecule has 76 valence electrons. The Labute approximate surface area is 137 Å². The molecule has 2 rings (SSSR count). The van der Waals surface area contributed by atoms with Gasteiger partial charge in [-0.1, -0.05) is 36.4 Å². The van der Waals surface area contributed by atoms with Gasteiger partial charge >= 0.3 is 57.4 Å². The summed E-state index contributed by atoms with van der Waals surface area (Å²) in [6, 6.07) is 18.0. The number of hydrogen-bond acceptors (Lipinski definition) is 2. The van der Waals surface area contributed by atoms with Gasteiger partial charge in [-0.2, -0.15) is 0 Å². The first-order chi connectivity index (χ1) is 7.36. The van der Waals surface area contributed by atoms with E-state index in [-0.39, 0.29) is 57.4 Å². The van der Waals surface area contributed by atoms with Gasteiger partial charge in [0.15, 0.2) is 0 Å². The standard InChI is InChI=1S/C13H10O2.K.H/c14-13(11-7-3-1-4-8-11)15-12-9-5-2-6-10-12;;/h1-10H;;. The second-order valence-corrected chi connectivity index (χ2v) is 3.07. The fourth-order valence-corrected chi connectivity index (χ4v) is 1.23. The number of carbonyl (C=O) groups excluding carboxylic acids is 1. The predicted octanol–water partition coefficient (Wildman–Crippen LogP) is 2.26. The summed E-state index contributed by atoms with van der Waals surface area (Å²) in [7, 11) is 0. The van der Waals surface area contributed by atoms with E-state index < -0.39 is 0 Å². The van der Waals surface area contributed by atoms with Gasteiger partial charge in [-0.25, -0.2) is 4.79 Å². The van der Waals surface area contributed by atoms with Crippen LogP contribution in [0.4, 0.5) is 0 Å². The fraction of sp³-hybridized carbons (Fsp3) is 0. The number of benzene rings is 2. The normalized spacial score (nSPS) is 9.00. The Bertz CT molecular complexity index is 440. The average molecular weight is 238 g/mol. The molecule has 3 heteroatoms. The topological polar surface area (TPSA) is 26.3 Å². The third-order valence-electron chi connectivity index (χ3n) is 1.96. The van der Waals surface area contributed by atoms with E-state index in [1.165, 1.54) is 0 Å². The van der Waals surface area contributed by atoms with Gasteiger partial charge in [-0.15, -0.1) is 0 Å². The zero-order valence-corrected chi connectivity index (χ0v) is 8.09. The van der Waals surface area contributed by atoms with Crippen molar-refractivity contribution in [3.05, 3.63) is 66.2 Å². The van der Waals surface area contributed by atoms with Gasteiger partial charge in [0.1, 0.15) is 5.75 Å². The third kappa shape index (κ3) is 3.85. The van der Waals surface area contributed by atoms with E-state index in [9.17, 15) is 4.79 Å². The first kappa shape index (κ1) is 13.6. The molecule has 0 radical (unpaired) electrons. The van der Waals surface area contributed by atoms with Crippen LogP contribution >= 0.6 is 0 Å². The van der Waals surface area contributed by atoms with Crippen molar-refractivity contribution in [3.63, 3.8) is 0 Å². The van der Waals surface area contributed by atoms with Crippen molar-refractivity contribution < 1.29 is 9.53 Å². The van der Waals surface area contributed by atoms with E-state index in [2.05, 4.69) is 0 Å². The zero-order chi connectivity index (χ0) is 10.5. The summed E-state index contributed by atoms with van der Waals surface area (Å²) in [5.74, 6) is 0.230. The van der Waals surface area contributed by atoms with Crippen LogP contribution in [0, 0.1) is 0 Å². The van der Waals surface area contributed by atoms with Gasteiger partial charge < -0.3 is 4.74 Å². The molecule has 0 saturated carbocycles. The van der Waals surface area contributed by atoms with E-state index in [0.29, 0.717) is 11.3 Å². The monoisotopic (exact) mass is 238 g/mol. The molecule has 0 heterocycles. The third-order valence-corrected chi connectivity index (χ3v) is 1.96. The van der Waals surface area contributed by atoms with Crippen LogP contribution < -0.4 is 4.74 Å². The average Bonchev–Trinajstić information content (AvgIpc) is 2.31. The van der Waals surface area contributed by atoms with Crippen LogP contribution in [-0.2, 0) is 0 Å². The van der Waals surface area contributed by atoms with Gasteiger partial charge in [0.05, 0.1) is 5.56 Å². The van der Waals surface area contributed by atoms with Crippen molar-refractivity contribution >= 4 is 57.4 Å². The van der Waals surface area contributed by atoms with E-state index in [4.69, 9.17) is 4.74 Å². The molecule has 0 aliphatic carbocycles. The summed E-state index contributed by atoms with van der Waals surface area (Å²) in [4.78, 5) is 11.6. The molecule has 0 aliphatic rings. The minimum atomic E-state index is -0.332. The first-order valence-electron chi connectivity index (χ1n) is 4.68. The van der Waals surface area contributed by atoms with Crippen molar-refractivity contribution in [2.75, 3.05) is 0 Å². The number of hydrogen-bond donors (Lipinski definition) is 0. The number of rotatable bonds is 2. The molecule has 2 nitrogen and oxygen atoms in total. The molecule has 0 atom stereocenters. The van der Waals surface area contributed by atoms with Crippen molar-refractivity contribution in [2.24, 2.45) is 0 Å². The van der Waals surface area contributed by atoms with E-state index in [1.54, 1.807) is 24.3 Å². The second-order valence-electron chi connectivity index (χ2n) is 3.07. The number of carbonyl (C=O) groups is 1. The summed E-state index contributed by atoms with van der Waals surface area (Å²) in [6.45, 7) is 0. The zero-order valence-electron chi connectivity index (χ0n) is 8.09. The summed E-state index contributed by atoms with van der Waals surface area (Å²) in [6.07, 6.45) is 0. The van der Waals surface area contributed by atoms with Crippen molar-refractivity contribution in [2.45, 2.75) is 0 Å². The Kier molecular flexibility index (Phi) is 5.94. The minimum absolute atomic E-state index is 0. The van der Waals surface area contributed by atoms with Gasteiger partial charge in [-0.3, -0.25) is 0 Å². The van der Waals surface area contributed by atoms with Gasteiger partial charge in [-0.05, 0) is 24.3 Å². The molecule has 0 N–H and O–H groups in total. The Balaban J connectivity index is 0.00000128. The molecule has 16 heavy (non-hydrogen) atoms. The molecule has 2 aromatic rings. The maximum absolute atomic E-state index is 11.6. The van der Waals surface area contributed by atoms with Gasteiger partial charge in [0.2, 0.25) is 0 Å². The molecular formula is C13H11KO2. The molecule has 0 aliphatic heterocycles. The molecule has 0 unspecified atom stereocenters. The van der Waals surface area contributed by atoms with E-state index >= 15 is 0 Å². The van der Waals surface area contributed by atoms with Gasteiger partial charge in [0.25, 0.3) is 0 Å². The molecule has 0 aromatic heterocycles. The number of ether oxygens (including phenoxy) is 1. The van der Waals surface area contributed by atoms with E-state index in [0.717, 1.165) is 0 Å². The summed E-state index contributed by atoms with van der Waals surface area (Å²) < 4.78 is 5.16. The molecule has 0 saturated heterocycles. The Hall–Kier alpha value is -0.454. The Morgan fingerprint density at radius 2 is 1.31 bits per heavy atom. The molecule has 0 bridgehead atoms. The van der Waals surface area contributed by atoms with Crippen molar-refractivity contribution in [3.8, 4) is 5.75 Å². The van der Waals surface area contributed by atoms with Crippen molar-refractivity contribution in [1.29, 1.82) is 0 Å². The first-order valence-corrected chi connectivity index (χ1v) is 4.68. The van der Waals surface area contributed by atoms with Crippen LogP contribution in [0.2, 0.25) is 0 Å². The maximum atomic E-state index is 11.6. The second kappa shape index (κ2) is 6.99. The van der Waals surface area contributed by atoms with Crippen LogP contribution in [0.25, 0.3) is 0 Å². The summed E-state index contributed by atoms with van der Waals surface area (Å²) in [5, 5.41) is 0. The molecular weight excluding hydrogens is 227 g/mol. The summed E-state index contributed by atoms with van der Waals surface area (Å²) in [5.41, 5.74) is 0.557. The summed E-state index contributed by atoms with van der Waals surface area (Å²) >= 11 is 0. The molecule has 2 aromatic carbocycles. The van der Waals surface area contributed by atoms with Crippen LogP contribution in [0.15, 0.2) is 60.7 Å².